The van der Waals surface area contributed by atoms with Gasteiger partial charge in [-0.1, -0.05) is 35.1 Å². The van der Waals surface area contributed by atoms with Crippen LogP contribution in [0.15, 0.2) is 24.3 Å². The van der Waals surface area contributed by atoms with Gasteiger partial charge in [-0.05, 0) is 32.9 Å². The molecule has 0 amide bonds. The highest BCUT2D eigenvalue weighted by Gasteiger charge is 2.37. The Labute approximate surface area is 161 Å². The Bertz CT molecular complexity index is 931. The number of nitrogens with one attached hydrogen (secondary N) is 1. The maximum Gasteiger partial charge on any atom is 0.235 e. The monoisotopic (exact) mass is 393 g/mol. The number of rotatable bonds is 3. The number of fused-ring (bicyclic) bond motifs is 1. The van der Waals surface area contributed by atoms with Crippen molar-refractivity contribution in [2.24, 2.45) is 0 Å². The average molecular weight is 394 g/mol. The van der Waals surface area contributed by atoms with Gasteiger partial charge in [0.2, 0.25) is 10.8 Å². The van der Waals surface area contributed by atoms with E-state index < -0.39 is 0 Å². The molecule has 1 aliphatic rings. The largest absolute Gasteiger partial charge is 0.492 e. The molecule has 1 unspecified atom stereocenters. The number of aryl methyl sites for hydroxylation is 1. The van der Waals surface area contributed by atoms with Crippen LogP contribution >= 0.6 is 22.9 Å². The Morgan fingerprint density at radius 1 is 1.35 bits per heavy atom. The molecule has 0 spiro atoms. The molecule has 1 aliphatic heterocycles. The first kappa shape index (κ1) is 17.7. The van der Waals surface area contributed by atoms with E-state index in [4.69, 9.17) is 16.3 Å². The van der Waals surface area contributed by atoms with Crippen molar-refractivity contribution in [3.63, 3.8) is 0 Å². The number of ether oxygens (including phenoxy) is 1. The van der Waals surface area contributed by atoms with E-state index in [-0.39, 0.29) is 24.1 Å². The van der Waals surface area contributed by atoms with Gasteiger partial charge in [0.25, 0.3) is 0 Å². The number of morpholine rings is 1. The lowest BCUT2D eigenvalue weighted by Gasteiger charge is -2.37. The molecule has 3 aromatic rings. The molecule has 1 saturated heterocycles. The molecule has 1 aromatic carbocycles. The van der Waals surface area contributed by atoms with Crippen LogP contribution in [0.5, 0.6) is 5.88 Å². The third kappa shape index (κ3) is 3.20. The van der Waals surface area contributed by atoms with Crippen LogP contribution in [0, 0.1) is 6.92 Å². The third-order valence-corrected chi connectivity index (χ3v) is 6.04. The summed E-state index contributed by atoms with van der Waals surface area (Å²) < 4.78 is 7.44. The van der Waals surface area contributed by atoms with E-state index in [1.54, 1.807) is 0 Å². The third-order valence-electron chi connectivity index (χ3n) is 4.72. The Morgan fingerprint density at radius 2 is 2.08 bits per heavy atom. The predicted molar refractivity (Wildman–Crippen MR) is 101 cm³/mol. The number of quaternary nitrogens is 1. The number of aromatic nitrogens is 3. The van der Waals surface area contributed by atoms with Gasteiger partial charge in [0.15, 0.2) is 6.04 Å². The molecule has 4 atom stereocenters. The fraction of sp³-hybridized carbons (Fsp3) is 0.444. The van der Waals surface area contributed by atoms with Gasteiger partial charge in [-0.2, -0.15) is 4.52 Å². The van der Waals surface area contributed by atoms with Gasteiger partial charge in [0.1, 0.15) is 36.0 Å². The Hall–Kier alpha value is -1.67. The Kier molecular flexibility index (Phi) is 4.64. The number of thiazole rings is 1. The Balaban J connectivity index is 1.84. The number of halogens is 1. The summed E-state index contributed by atoms with van der Waals surface area (Å²) >= 11 is 7.75. The van der Waals surface area contributed by atoms with Gasteiger partial charge >= 0.3 is 0 Å². The van der Waals surface area contributed by atoms with Crippen molar-refractivity contribution in [3.05, 3.63) is 45.6 Å². The molecule has 0 saturated carbocycles. The zero-order chi connectivity index (χ0) is 18.4. The van der Waals surface area contributed by atoms with Crippen molar-refractivity contribution in [3.8, 4) is 5.88 Å². The topological polar surface area (TPSA) is 64.1 Å². The van der Waals surface area contributed by atoms with Gasteiger partial charge in [0, 0.05) is 10.6 Å². The molecule has 2 N–H and O–H groups in total. The molecule has 0 aliphatic carbocycles. The molecular weight excluding hydrogens is 372 g/mol. The van der Waals surface area contributed by atoms with Crippen LogP contribution in [0.3, 0.4) is 0 Å². The number of hydrogen-bond donors (Lipinski definition) is 2. The maximum absolute atomic E-state index is 10.9. The number of aromatic hydroxyl groups is 1. The van der Waals surface area contributed by atoms with Gasteiger partial charge < -0.3 is 14.7 Å². The molecule has 1 fully saturated rings. The molecular formula is C18H22ClN4O2S+. The lowest BCUT2D eigenvalue weighted by Crippen LogP contribution is -3.15. The van der Waals surface area contributed by atoms with Crippen molar-refractivity contribution in [2.45, 2.75) is 39.0 Å². The van der Waals surface area contributed by atoms with Crippen LogP contribution in [0.2, 0.25) is 5.02 Å². The molecule has 8 heteroatoms. The summed E-state index contributed by atoms with van der Waals surface area (Å²) in [5.74, 6) is 0.813. The standard InChI is InChI=1S/C18H21ClN4O2S/c1-10-8-22(9-11(2)25-10)15(13-5-4-6-14(19)7-13)16-17(24)23-18(26-16)20-12(3)21-23/h4-7,10-11,15,24H,8-9H2,1-3H3/p+1/t10-,11+,15-/m0/s1. The first-order valence-electron chi connectivity index (χ1n) is 8.73. The molecule has 2 aromatic heterocycles. The predicted octanol–water partition coefficient (Wildman–Crippen LogP) is 2.24. The van der Waals surface area contributed by atoms with E-state index in [1.165, 1.54) is 20.8 Å². The summed E-state index contributed by atoms with van der Waals surface area (Å²) in [4.78, 5) is 7.32. The van der Waals surface area contributed by atoms with Crippen molar-refractivity contribution < 1.29 is 14.7 Å². The van der Waals surface area contributed by atoms with Crippen molar-refractivity contribution in [1.29, 1.82) is 0 Å². The lowest BCUT2D eigenvalue weighted by molar-refractivity contribution is -0.939. The SMILES string of the molecule is Cc1nc2sc([C@H](c3cccc(Cl)c3)[NH+]3C[C@@H](C)O[C@@H](C)C3)c(O)n2n1. The molecule has 0 radical (unpaired) electrons. The Morgan fingerprint density at radius 3 is 2.73 bits per heavy atom. The van der Waals surface area contributed by atoms with Gasteiger partial charge in [-0.15, -0.1) is 5.10 Å². The van der Waals surface area contributed by atoms with Crippen LogP contribution < -0.4 is 4.90 Å². The van der Waals surface area contributed by atoms with E-state index >= 15 is 0 Å². The first-order valence-corrected chi connectivity index (χ1v) is 9.92. The highest BCUT2D eigenvalue weighted by molar-refractivity contribution is 7.17. The van der Waals surface area contributed by atoms with Crippen LogP contribution in [0.4, 0.5) is 0 Å². The normalized spacial score (nSPS) is 24.8. The van der Waals surface area contributed by atoms with E-state index in [2.05, 4.69) is 30.0 Å². The molecule has 138 valence electrons. The second kappa shape index (κ2) is 6.81. The molecule has 3 heterocycles. The summed E-state index contributed by atoms with van der Waals surface area (Å²) in [5.41, 5.74) is 1.07. The molecule has 26 heavy (non-hydrogen) atoms. The number of benzene rings is 1. The zero-order valence-corrected chi connectivity index (χ0v) is 16.5. The summed E-state index contributed by atoms with van der Waals surface area (Å²) in [7, 11) is 0. The van der Waals surface area contributed by atoms with Crippen LogP contribution in [0.25, 0.3) is 4.96 Å². The molecule has 0 bridgehead atoms. The molecule has 6 nitrogen and oxygen atoms in total. The van der Waals surface area contributed by atoms with E-state index in [1.807, 2.05) is 25.1 Å². The average Bonchev–Trinajstić information content (AvgIpc) is 3.05. The number of nitrogens with zero attached hydrogens (tertiary/aromatic N) is 3. The van der Waals surface area contributed by atoms with Crippen molar-refractivity contribution in [2.75, 3.05) is 13.1 Å². The second-order valence-electron chi connectivity index (χ2n) is 6.96. The first-order chi connectivity index (χ1) is 12.4. The number of hydrogen-bond acceptors (Lipinski definition) is 5. The van der Waals surface area contributed by atoms with Crippen LogP contribution in [0.1, 0.15) is 36.2 Å². The highest BCUT2D eigenvalue weighted by atomic mass is 35.5. The van der Waals surface area contributed by atoms with Gasteiger partial charge in [-0.3, -0.25) is 0 Å². The summed E-state index contributed by atoms with van der Waals surface area (Å²) in [6.07, 6.45) is 0.309. The van der Waals surface area contributed by atoms with Crippen molar-refractivity contribution >= 4 is 27.9 Å². The summed E-state index contributed by atoms with van der Waals surface area (Å²) in [6.45, 7) is 7.72. The minimum atomic E-state index is -0.0451. The highest BCUT2D eigenvalue weighted by Crippen LogP contribution is 2.35. The second-order valence-corrected chi connectivity index (χ2v) is 8.40. The minimum absolute atomic E-state index is 0.0451. The van der Waals surface area contributed by atoms with Gasteiger partial charge in [0.05, 0.1) is 0 Å². The smallest absolute Gasteiger partial charge is 0.235 e. The zero-order valence-electron chi connectivity index (χ0n) is 14.9. The summed E-state index contributed by atoms with van der Waals surface area (Å²) in [6, 6.07) is 7.82. The van der Waals surface area contributed by atoms with E-state index in [0.717, 1.165) is 23.5 Å². The van der Waals surface area contributed by atoms with Crippen molar-refractivity contribution in [1.82, 2.24) is 14.6 Å². The minimum Gasteiger partial charge on any atom is -0.492 e. The maximum atomic E-state index is 10.9. The quantitative estimate of drug-likeness (QED) is 0.716. The van der Waals surface area contributed by atoms with E-state index in [0.29, 0.717) is 15.8 Å². The van der Waals surface area contributed by atoms with E-state index in [9.17, 15) is 5.11 Å². The van der Waals surface area contributed by atoms with Gasteiger partial charge in [-0.25, -0.2) is 4.98 Å². The fourth-order valence-corrected chi connectivity index (χ4v) is 5.23. The summed E-state index contributed by atoms with van der Waals surface area (Å²) in [5, 5.41) is 15.9. The lowest BCUT2D eigenvalue weighted by atomic mass is 10.0. The fourth-order valence-electron chi connectivity index (χ4n) is 3.84. The van der Waals surface area contributed by atoms with Crippen LogP contribution in [-0.2, 0) is 4.74 Å². The van der Waals surface area contributed by atoms with Crippen LogP contribution in [-0.4, -0.2) is 45.0 Å². The molecule has 4 rings (SSSR count).